The molecule has 0 unspecified atom stereocenters. The second-order valence-electron chi connectivity index (χ2n) is 8.15. The van der Waals surface area contributed by atoms with Gasteiger partial charge in [0.2, 0.25) is 0 Å². The lowest BCUT2D eigenvalue weighted by molar-refractivity contribution is -0.126. The van der Waals surface area contributed by atoms with Crippen molar-refractivity contribution in [3.63, 3.8) is 0 Å². The predicted octanol–water partition coefficient (Wildman–Crippen LogP) is 4.39. The topological polar surface area (TPSA) is 52.3 Å². The number of benzene rings is 1. The fourth-order valence-corrected chi connectivity index (χ4v) is 4.24. The van der Waals surface area contributed by atoms with Crippen molar-refractivity contribution in [2.24, 2.45) is 0 Å². The summed E-state index contributed by atoms with van der Waals surface area (Å²) in [5.74, 6) is -0.168. The van der Waals surface area contributed by atoms with Gasteiger partial charge in [0.25, 0.3) is 5.91 Å². The summed E-state index contributed by atoms with van der Waals surface area (Å²) in [4.78, 5) is 17.2. The van der Waals surface area contributed by atoms with Crippen molar-refractivity contribution in [3.8, 4) is 6.07 Å². The third kappa shape index (κ3) is 4.28. The molecule has 1 fully saturated rings. The molecule has 0 saturated carbocycles. The molecule has 1 aromatic heterocycles. The Hall–Kier alpha value is -3.00. The Morgan fingerprint density at radius 1 is 1.13 bits per heavy atom. The van der Waals surface area contributed by atoms with E-state index >= 15 is 0 Å². The molecule has 0 spiro atoms. The highest BCUT2D eigenvalue weighted by Gasteiger charge is 2.25. The van der Waals surface area contributed by atoms with Crippen molar-refractivity contribution >= 4 is 17.7 Å². The molecular formula is C25H32N4O. The monoisotopic (exact) mass is 404 g/mol. The first-order valence-corrected chi connectivity index (χ1v) is 10.8. The van der Waals surface area contributed by atoms with Gasteiger partial charge >= 0.3 is 0 Å². The highest BCUT2D eigenvalue weighted by Crippen LogP contribution is 2.25. The molecule has 2 aromatic rings. The van der Waals surface area contributed by atoms with Crippen LogP contribution >= 0.6 is 0 Å². The van der Waals surface area contributed by atoms with Gasteiger partial charge in [-0.2, -0.15) is 5.26 Å². The predicted molar refractivity (Wildman–Crippen MR) is 122 cm³/mol. The molecule has 5 nitrogen and oxygen atoms in total. The van der Waals surface area contributed by atoms with Gasteiger partial charge in [-0.25, -0.2) is 0 Å². The van der Waals surface area contributed by atoms with Crippen LogP contribution in [-0.4, -0.2) is 41.6 Å². The van der Waals surface area contributed by atoms with Crippen molar-refractivity contribution < 1.29 is 4.79 Å². The summed E-state index contributed by atoms with van der Waals surface area (Å²) >= 11 is 0. The first kappa shape index (κ1) is 21.7. The normalized spacial score (nSPS) is 14.7. The van der Waals surface area contributed by atoms with E-state index in [2.05, 4.69) is 74.4 Å². The third-order valence-corrected chi connectivity index (χ3v) is 6.19. The highest BCUT2D eigenvalue weighted by atomic mass is 16.2. The first-order chi connectivity index (χ1) is 14.4. The third-order valence-electron chi connectivity index (χ3n) is 6.19. The molecule has 0 bridgehead atoms. The maximum atomic E-state index is 13.0. The second-order valence-corrected chi connectivity index (χ2v) is 8.15. The molecule has 5 heteroatoms. The fraction of sp³-hybridized carbons (Fsp3) is 0.440. The lowest BCUT2D eigenvalue weighted by atomic mass is 10.1. The van der Waals surface area contributed by atoms with Gasteiger partial charge < -0.3 is 14.4 Å². The quantitative estimate of drug-likeness (QED) is 0.549. The molecule has 0 atom stereocenters. The van der Waals surface area contributed by atoms with Crippen LogP contribution in [0.15, 0.2) is 29.8 Å². The molecule has 0 radical (unpaired) electrons. The molecule has 1 aromatic carbocycles. The number of anilines is 1. The van der Waals surface area contributed by atoms with E-state index in [4.69, 9.17) is 0 Å². The molecule has 30 heavy (non-hydrogen) atoms. The minimum atomic E-state index is -0.168. The van der Waals surface area contributed by atoms with Gasteiger partial charge in [-0.15, -0.1) is 0 Å². The van der Waals surface area contributed by atoms with Gasteiger partial charge in [0, 0.05) is 49.8 Å². The zero-order valence-corrected chi connectivity index (χ0v) is 18.8. The summed E-state index contributed by atoms with van der Waals surface area (Å²) in [6.45, 7) is 14.3. The number of hydrogen-bond donors (Lipinski definition) is 0. The largest absolute Gasteiger partial charge is 0.368 e. The molecule has 0 N–H and O–H groups in total. The molecular weight excluding hydrogens is 372 g/mol. The Labute approximate surface area is 180 Å². The van der Waals surface area contributed by atoms with Gasteiger partial charge in [0.05, 0.1) is 0 Å². The van der Waals surface area contributed by atoms with E-state index in [-0.39, 0.29) is 11.5 Å². The molecule has 3 rings (SSSR count). The van der Waals surface area contributed by atoms with E-state index in [9.17, 15) is 10.1 Å². The standard InChI is InChI=1S/C25H32N4O/c1-6-10-29-19(3)15-22(21(29)5)16-23(17-26)25(30)28-13-11-27(12-14-28)24-9-7-8-18(2)20(24)4/h7-9,15-16H,6,10-14H2,1-5H3/b23-16+. The zero-order chi connectivity index (χ0) is 21.8. The van der Waals surface area contributed by atoms with Crippen LogP contribution in [0.3, 0.4) is 0 Å². The van der Waals surface area contributed by atoms with Crippen LogP contribution in [-0.2, 0) is 11.3 Å². The SMILES string of the molecule is CCCn1c(C)cc(/C=C(\C#N)C(=O)N2CCN(c3cccc(C)c3C)CC2)c1C. The van der Waals surface area contributed by atoms with Crippen molar-refractivity contribution in [3.05, 3.63) is 57.9 Å². The Morgan fingerprint density at radius 2 is 1.83 bits per heavy atom. The fourth-order valence-electron chi connectivity index (χ4n) is 4.24. The highest BCUT2D eigenvalue weighted by molar-refractivity contribution is 6.02. The minimum absolute atomic E-state index is 0.168. The van der Waals surface area contributed by atoms with Crippen LogP contribution in [0.25, 0.3) is 6.08 Å². The van der Waals surface area contributed by atoms with Gasteiger partial charge in [0.15, 0.2) is 0 Å². The van der Waals surface area contributed by atoms with E-state index in [1.54, 1.807) is 6.08 Å². The van der Waals surface area contributed by atoms with Crippen LogP contribution in [0, 0.1) is 39.0 Å². The summed E-state index contributed by atoms with van der Waals surface area (Å²) in [5, 5.41) is 9.67. The number of aryl methyl sites for hydroxylation is 2. The molecule has 1 aliphatic heterocycles. The van der Waals surface area contributed by atoms with Gasteiger partial charge in [0.1, 0.15) is 11.6 Å². The number of rotatable bonds is 5. The molecule has 2 heterocycles. The summed E-state index contributed by atoms with van der Waals surface area (Å²) in [7, 11) is 0. The van der Waals surface area contributed by atoms with E-state index in [0.717, 1.165) is 43.0 Å². The lowest BCUT2D eigenvalue weighted by Crippen LogP contribution is -2.49. The van der Waals surface area contributed by atoms with E-state index in [0.29, 0.717) is 13.1 Å². The number of hydrogen-bond acceptors (Lipinski definition) is 3. The van der Waals surface area contributed by atoms with Crippen LogP contribution < -0.4 is 4.90 Å². The number of nitriles is 1. The number of amides is 1. The molecule has 1 amide bonds. The van der Waals surface area contributed by atoms with Crippen molar-refractivity contribution in [1.82, 2.24) is 9.47 Å². The van der Waals surface area contributed by atoms with Crippen LogP contribution in [0.4, 0.5) is 5.69 Å². The van der Waals surface area contributed by atoms with Crippen molar-refractivity contribution in [2.45, 2.75) is 47.6 Å². The smallest absolute Gasteiger partial charge is 0.264 e. The maximum absolute atomic E-state index is 13.0. The van der Waals surface area contributed by atoms with Crippen LogP contribution in [0.2, 0.25) is 0 Å². The van der Waals surface area contributed by atoms with Crippen molar-refractivity contribution in [1.29, 1.82) is 5.26 Å². The van der Waals surface area contributed by atoms with Gasteiger partial charge in [-0.05, 0) is 69.0 Å². The summed E-state index contributed by atoms with van der Waals surface area (Å²) in [6, 6.07) is 10.6. The molecule has 158 valence electrons. The van der Waals surface area contributed by atoms with E-state index < -0.39 is 0 Å². The van der Waals surface area contributed by atoms with Crippen LogP contribution in [0.1, 0.15) is 41.4 Å². The summed E-state index contributed by atoms with van der Waals surface area (Å²) < 4.78 is 2.24. The van der Waals surface area contributed by atoms with Gasteiger partial charge in [-0.3, -0.25) is 4.79 Å². The Balaban J connectivity index is 1.73. The zero-order valence-electron chi connectivity index (χ0n) is 18.8. The Kier molecular flexibility index (Phi) is 6.66. The number of piperazine rings is 1. The summed E-state index contributed by atoms with van der Waals surface area (Å²) in [5.41, 5.74) is 7.24. The second kappa shape index (κ2) is 9.21. The molecule has 1 aliphatic rings. The van der Waals surface area contributed by atoms with Crippen molar-refractivity contribution in [2.75, 3.05) is 31.1 Å². The average Bonchev–Trinajstić information content (AvgIpc) is 3.01. The van der Waals surface area contributed by atoms with Crippen LogP contribution in [0.5, 0.6) is 0 Å². The summed E-state index contributed by atoms with van der Waals surface area (Å²) in [6.07, 6.45) is 2.81. The molecule has 1 saturated heterocycles. The number of carbonyl (C=O) groups is 1. The molecule has 0 aliphatic carbocycles. The average molecular weight is 405 g/mol. The first-order valence-electron chi connectivity index (χ1n) is 10.8. The minimum Gasteiger partial charge on any atom is -0.368 e. The Morgan fingerprint density at radius 3 is 2.47 bits per heavy atom. The lowest BCUT2D eigenvalue weighted by Gasteiger charge is -2.37. The number of carbonyl (C=O) groups excluding carboxylic acids is 1. The maximum Gasteiger partial charge on any atom is 0.264 e. The van der Waals surface area contributed by atoms with E-state index in [1.165, 1.54) is 16.8 Å². The Bertz CT molecular complexity index is 1000. The van der Waals surface area contributed by atoms with E-state index in [1.807, 2.05) is 4.90 Å². The van der Waals surface area contributed by atoms with Gasteiger partial charge in [-0.1, -0.05) is 19.1 Å². The number of nitrogens with zero attached hydrogens (tertiary/aromatic N) is 4. The number of aromatic nitrogens is 1.